The third-order valence-corrected chi connectivity index (χ3v) is 4.92. The fraction of sp³-hybridized carbons (Fsp3) is 0.143. The largest absolute Gasteiger partial charge is 0.372 e. The van der Waals surface area contributed by atoms with E-state index in [9.17, 15) is 16.8 Å². The van der Waals surface area contributed by atoms with Crippen LogP contribution in [-0.2, 0) is 38.2 Å². The molecule has 124 valence electrons. The lowest BCUT2D eigenvalue weighted by Gasteiger charge is -2.10. The van der Waals surface area contributed by atoms with E-state index < -0.39 is 20.2 Å². The Balaban J connectivity index is 2.17. The van der Waals surface area contributed by atoms with Gasteiger partial charge in [0, 0.05) is 0 Å². The normalized spacial score (nSPS) is 12.3. The summed E-state index contributed by atoms with van der Waals surface area (Å²) in [6.45, 7) is -0.314. The molecule has 23 heavy (non-hydrogen) atoms. The van der Waals surface area contributed by atoms with Crippen molar-refractivity contribution in [2.75, 3.05) is 0 Å². The summed E-state index contributed by atoms with van der Waals surface area (Å²) in [6.07, 6.45) is 0. The summed E-state index contributed by atoms with van der Waals surface area (Å²) in [5.41, 5.74) is 0.471. The average molecular weight is 358 g/mol. The molecular weight excluding hydrogens is 344 g/mol. The molecule has 0 fully saturated rings. The molecule has 0 aliphatic rings. The van der Waals surface area contributed by atoms with Crippen molar-refractivity contribution in [3.05, 3.63) is 59.7 Å². The molecule has 0 aliphatic carbocycles. The maximum atomic E-state index is 11.3. The van der Waals surface area contributed by atoms with Crippen molar-refractivity contribution < 1.29 is 30.7 Å². The molecule has 0 amide bonds. The lowest BCUT2D eigenvalue weighted by molar-refractivity contribution is 0.103. The second-order valence-electron chi connectivity index (χ2n) is 4.66. The molecule has 0 spiro atoms. The zero-order valence-corrected chi connectivity index (χ0v) is 13.4. The van der Waals surface area contributed by atoms with Crippen molar-refractivity contribution in [1.82, 2.24) is 0 Å². The number of hydrogen-bond acceptors (Lipinski definition) is 5. The second kappa shape index (κ2) is 6.77. The lowest BCUT2D eigenvalue weighted by atomic mass is 10.2. The molecule has 7 nitrogen and oxygen atoms in total. The number of benzene rings is 2. The van der Waals surface area contributed by atoms with E-state index in [2.05, 4.69) is 0 Å². The SMILES string of the molecule is O=S(=O)(O)c1ccccc1COCc1ccccc1S(=O)(=O)O. The number of hydrogen-bond donors (Lipinski definition) is 2. The minimum Gasteiger partial charge on any atom is -0.372 e. The van der Waals surface area contributed by atoms with Crippen LogP contribution in [0.25, 0.3) is 0 Å². The van der Waals surface area contributed by atoms with Gasteiger partial charge in [0.25, 0.3) is 20.2 Å². The highest BCUT2D eigenvalue weighted by Crippen LogP contribution is 2.19. The summed E-state index contributed by atoms with van der Waals surface area (Å²) >= 11 is 0. The third-order valence-electron chi connectivity index (χ3n) is 3.02. The first kappa shape index (κ1) is 17.6. The van der Waals surface area contributed by atoms with E-state index in [-0.39, 0.29) is 34.1 Å². The molecule has 2 N–H and O–H groups in total. The van der Waals surface area contributed by atoms with Crippen molar-refractivity contribution in [3.8, 4) is 0 Å². The smallest absolute Gasteiger partial charge is 0.294 e. The van der Waals surface area contributed by atoms with Crippen molar-refractivity contribution in [1.29, 1.82) is 0 Å². The molecule has 0 unspecified atom stereocenters. The van der Waals surface area contributed by atoms with E-state index in [0.717, 1.165) is 0 Å². The van der Waals surface area contributed by atoms with Crippen LogP contribution in [0.4, 0.5) is 0 Å². The summed E-state index contributed by atoms with van der Waals surface area (Å²) < 4.78 is 68.6. The fourth-order valence-electron chi connectivity index (χ4n) is 2.02. The van der Waals surface area contributed by atoms with Crippen molar-refractivity contribution in [2.24, 2.45) is 0 Å². The van der Waals surface area contributed by atoms with Gasteiger partial charge < -0.3 is 4.74 Å². The Morgan fingerprint density at radius 1 is 0.696 bits per heavy atom. The van der Waals surface area contributed by atoms with Gasteiger partial charge in [-0.15, -0.1) is 0 Å². The van der Waals surface area contributed by atoms with Crippen LogP contribution in [-0.4, -0.2) is 25.9 Å². The first-order valence-corrected chi connectivity index (χ1v) is 9.26. The fourth-order valence-corrected chi connectivity index (χ4v) is 3.44. The van der Waals surface area contributed by atoms with Gasteiger partial charge in [-0.3, -0.25) is 9.11 Å². The molecule has 2 rings (SSSR count). The molecule has 0 radical (unpaired) electrons. The zero-order valence-electron chi connectivity index (χ0n) is 11.8. The van der Waals surface area contributed by atoms with Gasteiger partial charge in [-0.1, -0.05) is 36.4 Å². The minimum atomic E-state index is -4.38. The molecule has 0 saturated carbocycles. The molecule has 0 atom stereocenters. The van der Waals surface area contributed by atoms with Crippen LogP contribution in [0, 0.1) is 0 Å². The zero-order chi connectivity index (χ0) is 17.1. The Labute approximate surface area is 134 Å². The molecule has 9 heteroatoms. The first-order valence-electron chi connectivity index (χ1n) is 6.38. The summed E-state index contributed by atoms with van der Waals surface area (Å²) in [5, 5.41) is 0. The van der Waals surface area contributed by atoms with Crippen LogP contribution in [0.1, 0.15) is 11.1 Å². The highest BCUT2D eigenvalue weighted by molar-refractivity contribution is 7.86. The Morgan fingerprint density at radius 3 is 1.39 bits per heavy atom. The topological polar surface area (TPSA) is 118 Å². The quantitative estimate of drug-likeness (QED) is 0.757. The molecule has 0 aliphatic heterocycles. The van der Waals surface area contributed by atoms with Crippen LogP contribution >= 0.6 is 0 Å². The average Bonchev–Trinajstić information content (AvgIpc) is 2.46. The van der Waals surface area contributed by atoms with Crippen molar-refractivity contribution >= 4 is 20.2 Å². The Hall–Kier alpha value is -1.78. The minimum absolute atomic E-state index is 0.157. The van der Waals surface area contributed by atoms with E-state index in [4.69, 9.17) is 13.8 Å². The Morgan fingerprint density at radius 2 is 1.04 bits per heavy atom. The van der Waals surface area contributed by atoms with Gasteiger partial charge in [0.05, 0.1) is 23.0 Å². The Kier molecular flexibility index (Phi) is 5.17. The first-order chi connectivity index (χ1) is 10.7. The molecule has 0 aromatic heterocycles. The van der Waals surface area contributed by atoms with Gasteiger partial charge in [-0.25, -0.2) is 0 Å². The van der Waals surface area contributed by atoms with Gasteiger partial charge in [-0.2, -0.15) is 16.8 Å². The highest BCUT2D eigenvalue weighted by atomic mass is 32.2. The maximum Gasteiger partial charge on any atom is 0.294 e. The van der Waals surface area contributed by atoms with Gasteiger partial charge in [0.2, 0.25) is 0 Å². The van der Waals surface area contributed by atoms with Crippen LogP contribution in [0.3, 0.4) is 0 Å². The number of ether oxygens (including phenoxy) is 1. The van der Waals surface area contributed by atoms with Crippen LogP contribution in [0.2, 0.25) is 0 Å². The molecule has 2 aromatic rings. The van der Waals surface area contributed by atoms with Crippen molar-refractivity contribution in [3.63, 3.8) is 0 Å². The van der Waals surface area contributed by atoms with Gasteiger partial charge in [-0.05, 0) is 23.3 Å². The van der Waals surface area contributed by atoms with E-state index in [0.29, 0.717) is 0 Å². The van der Waals surface area contributed by atoms with E-state index in [1.54, 1.807) is 12.1 Å². The van der Waals surface area contributed by atoms with Crippen LogP contribution in [0.5, 0.6) is 0 Å². The van der Waals surface area contributed by atoms with Gasteiger partial charge in [0.15, 0.2) is 0 Å². The lowest BCUT2D eigenvalue weighted by Crippen LogP contribution is -2.07. The molecular formula is C14H14O7S2. The van der Waals surface area contributed by atoms with Crippen LogP contribution in [0.15, 0.2) is 58.3 Å². The predicted molar refractivity (Wildman–Crippen MR) is 81.0 cm³/mol. The molecule has 0 saturated heterocycles. The standard InChI is InChI=1S/C14H14O7S2/c15-22(16,17)13-7-3-1-5-11(13)9-21-10-12-6-2-4-8-14(12)23(18,19)20/h1-8H,9-10H2,(H,15,16,17)(H,18,19,20). The molecule has 0 heterocycles. The van der Waals surface area contributed by atoms with Crippen LogP contribution < -0.4 is 0 Å². The molecule has 2 aromatic carbocycles. The van der Waals surface area contributed by atoms with E-state index in [1.165, 1.54) is 36.4 Å². The van der Waals surface area contributed by atoms with E-state index in [1.807, 2.05) is 0 Å². The predicted octanol–water partition coefficient (Wildman–Crippen LogP) is 1.90. The van der Waals surface area contributed by atoms with Crippen molar-refractivity contribution in [2.45, 2.75) is 23.0 Å². The maximum absolute atomic E-state index is 11.3. The summed E-state index contributed by atoms with van der Waals surface area (Å²) in [5.74, 6) is 0. The monoisotopic (exact) mass is 358 g/mol. The second-order valence-corrected chi connectivity index (χ2v) is 7.44. The summed E-state index contributed by atoms with van der Waals surface area (Å²) in [6, 6.07) is 11.5. The third kappa shape index (κ3) is 4.60. The Bertz CT molecular complexity index is 827. The summed E-state index contributed by atoms with van der Waals surface area (Å²) in [7, 11) is -8.75. The highest BCUT2D eigenvalue weighted by Gasteiger charge is 2.16. The van der Waals surface area contributed by atoms with E-state index >= 15 is 0 Å². The molecule has 0 bridgehead atoms. The summed E-state index contributed by atoms with van der Waals surface area (Å²) in [4.78, 5) is -0.550. The van der Waals surface area contributed by atoms with Gasteiger partial charge in [0.1, 0.15) is 0 Å². The van der Waals surface area contributed by atoms with Gasteiger partial charge >= 0.3 is 0 Å². The number of rotatable bonds is 6.